The lowest BCUT2D eigenvalue weighted by Crippen LogP contribution is -2.24. The lowest BCUT2D eigenvalue weighted by atomic mass is 9.93. The van der Waals surface area contributed by atoms with Gasteiger partial charge in [-0.1, -0.05) is 36.4 Å². The lowest BCUT2D eigenvalue weighted by molar-refractivity contribution is 0.452. The Kier molecular flexibility index (Phi) is 3.43. The molecular weight excluding hydrogens is 270 g/mol. The molecule has 0 bridgehead atoms. The molecule has 0 spiro atoms. The summed E-state index contributed by atoms with van der Waals surface area (Å²) in [6.07, 6.45) is 5.63. The van der Waals surface area contributed by atoms with E-state index in [4.69, 9.17) is 0 Å². The van der Waals surface area contributed by atoms with Crippen molar-refractivity contribution in [1.82, 2.24) is 15.1 Å². The molecule has 3 heteroatoms. The molecule has 2 aromatic carbocycles. The molecule has 0 fully saturated rings. The summed E-state index contributed by atoms with van der Waals surface area (Å²) in [5, 5.41) is 10.8. The summed E-state index contributed by atoms with van der Waals surface area (Å²) in [5.74, 6) is 0. The van der Waals surface area contributed by atoms with E-state index in [1.165, 1.54) is 40.4 Å². The van der Waals surface area contributed by atoms with E-state index in [9.17, 15) is 0 Å². The maximum absolute atomic E-state index is 4.42. The maximum Gasteiger partial charge on any atom is 0.0540 e. The summed E-state index contributed by atoms with van der Waals surface area (Å²) in [6, 6.07) is 15.7. The molecule has 0 amide bonds. The summed E-state index contributed by atoms with van der Waals surface area (Å²) in [5.41, 5.74) is 4.12. The first-order valence-corrected chi connectivity index (χ1v) is 8.03. The first kappa shape index (κ1) is 13.5. The number of hydrogen-bond acceptors (Lipinski definition) is 2. The van der Waals surface area contributed by atoms with Gasteiger partial charge in [0.15, 0.2) is 0 Å². The van der Waals surface area contributed by atoms with E-state index in [1.807, 2.05) is 17.9 Å². The molecule has 3 nitrogen and oxygen atoms in total. The zero-order valence-electron chi connectivity index (χ0n) is 12.9. The van der Waals surface area contributed by atoms with Crippen LogP contribution in [0.1, 0.15) is 35.7 Å². The first-order chi connectivity index (χ1) is 10.8. The minimum atomic E-state index is 0.434. The average molecular weight is 291 g/mol. The van der Waals surface area contributed by atoms with Crippen LogP contribution in [0.25, 0.3) is 10.8 Å². The minimum absolute atomic E-state index is 0.434. The van der Waals surface area contributed by atoms with Gasteiger partial charge in [-0.3, -0.25) is 4.68 Å². The highest BCUT2D eigenvalue weighted by molar-refractivity contribution is 5.82. The van der Waals surface area contributed by atoms with Gasteiger partial charge in [-0.05, 0) is 41.7 Å². The van der Waals surface area contributed by atoms with Crippen molar-refractivity contribution in [2.45, 2.75) is 31.8 Å². The number of fused-ring (bicyclic) bond motifs is 2. The van der Waals surface area contributed by atoms with Gasteiger partial charge in [-0.2, -0.15) is 5.10 Å². The molecule has 22 heavy (non-hydrogen) atoms. The van der Waals surface area contributed by atoms with E-state index in [0.29, 0.717) is 6.04 Å². The third-order valence-electron chi connectivity index (χ3n) is 4.74. The maximum atomic E-state index is 4.42. The molecule has 112 valence electrons. The van der Waals surface area contributed by atoms with Crippen molar-refractivity contribution >= 4 is 10.8 Å². The average Bonchev–Trinajstić information content (AvgIpc) is 2.95. The molecule has 0 aliphatic heterocycles. The molecule has 1 heterocycles. The molecule has 1 aromatic heterocycles. The molecule has 1 aliphatic carbocycles. The van der Waals surface area contributed by atoms with E-state index in [0.717, 1.165) is 13.0 Å². The first-order valence-electron chi connectivity index (χ1n) is 8.03. The van der Waals surface area contributed by atoms with E-state index in [2.05, 4.69) is 52.9 Å². The van der Waals surface area contributed by atoms with Gasteiger partial charge < -0.3 is 5.32 Å². The Morgan fingerprint density at radius 2 is 2.05 bits per heavy atom. The standard InChI is InChI=1S/C19H21N3/c1-22-19-8-4-7-18(17(19)13-21-22)20-12-14-9-10-15-5-2-3-6-16(15)11-14/h2-3,5-6,9-11,13,18,20H,4,7-8,12H2,1H3. The van der Waals surface area contributed by atoms with Crippen LogP contribution >= 0.6 is 0 Å². The van der Waals surface area contributed by atoms with Crippen molar-refractivity contribution < 1.29 is 0 Å². The van der Waals surface area contributed by atoms with Gasteiger partial charge in [0.2, 0.25) is 0 Å². The smallest absolute Gasteiger partial charge is 0.0540 e. The van der Waals surface area contributed by atoms with Crippen molar-refractivity contribution in [1.29, 1.82) is 0 Å². The lowest BCUT2D eigenvalue weighted by Gasteiger charge is -2.24. The summed E-state index contributed by atoms with van der Waals surface area (Å²) in [4.78, 5) is 0. The zero-order chi connectivity index (χ0) is 14.9. The normalized spacial score (nSPS) is 17.6. The quantitative estimate of drug-likeness (QED) is 0.796. The van der Waals surface area contributed by atoms with Crippen LogP contribution in [0.4, 0.5) is 0 Å². The number of benzene rings is 2. The monoisotopic (exact) mass is 291 g/mol. The van der Waals surface area contributed by atoms with Gasteiger partial charge in [-0.15, -0.1) is 0 Å². The van der Waals surface area contributed by atoms with Crippen molar-refractivity contribution in [2.75, 3.05) is 0 Å². The Balaban J connectivity index is 1.52. The molecule has 0 saturated heterocycles. The van der Waals surface area contributed by atoms with Gasteiger partial charge >= 0.3 is 0 Å². The molecule has 1 unspecified atom stereocenters. The highest BCUT2D eigenvalue weighted by Crippen LogP contribution is 2.29. The van der Waals surface area contributed by atoms with E-state index >= 15 is 0 Å². The summed E-state index contributed by atoms with van der Waals surface area (Å²) >= 11 is 0. The number of aryl methyl sites for hydroxylation is 1. The Hall–Kier alpha value is -2.13. The largest absolute Gasteiger partial charge is 0.306 e. The fourth-order valence-corrected chi connectivity index (χ4v) is 3.51. The van der Waals surface area contributed by atoms with Gasteiger partial charge in [-0.25, -0.2) is 0 Å². The van der Waals surface area contributed by atoms with Gasteiger partial charge in [0.05, 0.1) is 6.20 Å². The van der Waals surface area contributed by atoms with E-state index in [1.54, 1.807) is 0 Å². The van der Waals surface area contributed by atoms with Crippen LogP contribution in [-0.4, -0.2) is 9.78 Å². The van der Waals surface area contributed by atoms with Crippen LogP contribution < -0.4 is 5.32 Å². The van der Waals surface area contributed by atoms with Gasteiger partial charge in [0.1, 0.15) is 0 Å². The van der Waals surface area contributed by atoms with Crippen LogP contribution in [0.2, 0.25) is 0 Å². The predicted octanol–water partition coefficient (Wildman–Crippen LogP) is 3.74. The van der Waals surface area contributed by atoms with Crippen molar-refractivity contribution in [3.63, 3.8) is 0 Å². The van der Waals surface area contributed by atoms with Crippen LogP contribution in [0, 0.1) is 0 Å². The van der Waals surface area contributed by atoms with Crippen LogP contribution in [-0.2, 0) is 20.0 Å². The number of aromatic nitrogens is 2. The fourth-order valence-electron chi connectivity index (χ4n) is 3.51. The van der Waals surface area contributed by atoms with Gasteiger partial charge in [0.25, 0.3) is 0 Å². The molecule has 4 rings (SSSR count). The number of rotatable bonds is 3. The Morgan fingerprint density at radius 3 is 2.95 bits per heavy atom. The van der Waals surface area contributed by atoms with E-state index in [-0.39, 0.29) is 0 Å². The second-order valence-corrected chi connectivity index (χ2v) is 6.18. The number of hydrogen-bond donors (Lipinski definition) is 1. The third kappa shape index (κ3) is 2.42. The summed E-state index contributed by atoms with van der Waals surface area (Å²) < 4.78 is 2.03. The summed E-state index contributed by atoms with van der Waals surface area (Å²) in [6.45, 7) is 0.907. The van der Waals surface area contributed by atoms with E-state index < -0.39 is 0 Å². The SMILES string of the molecule is Cn1ncc2c1CCCC2NCc1ccc2ccccc2c1. The Bertz CT molecular complexity index is 803. The Labute approximate surface area is 131 Å². The van der Waals surface area contributed by atoms with Crippen molar-refractivity contribution in [3.8, 4) is 0 Å². The second kappa shape index (κ2) is 5.58. The second-order valence-electron chi connectivity index (χ2n) is 6.18. The van der Waals surface area contributed by atoms with Crippen molar-refractivity contribution in [2.24, 2.45) is 7.05 Å². The molecular formula is C19H21N3. The zero-order valence-corrected chi connectivity index (χ0v) is 12.9. The molecule has 0 saturated carbocycles. The summed E-state index contributed by atoms with van der Waals surface area (Å²) in [7, 11) is 2.05. The molecule has 0 radical (unpaired) electrons. The highest BCUT2D eigenvalue weighted by atomic mass is 15.3. The van der Waals surface area contributed by atoms with Crippen molar-refractivity contribution in [3.05, 3.63) is 65.5 Å². The number of nitrogens with zero attached hydrogens (tertiary/aromatic N) is 2. The Morgan fingerprint density at radius 1 is 1.18 bits per heavy atom. The third-order valence-corrected chi connectivity index (χ3v) is 4.74. The minimum Gasteiger partial charge on any atom is -0.306 e. The topological polar surface area (TPSA) is 29.9 Å². The van der Waals surface area contributed by atoms with Crippen LogP contribution in [0.15, 0.2) is 48.7 Å². The molecule has 1 N–H and O–H groups in total. The fraction of sp³-hybridized carbons (Fsp3) is 0.316. The predicted molar refractivity (Wildman–Crippen MR) is 89.7 cm³/mol. The highest BCUT2D eigenvalue weighted by Gasteiger charge is 2.22. The van der Waals surface area contributed by atoms with Crippen LogP contribution in [0.3, 0.4) is 0 Å². The number of nitrogens with one attached hydrogen (secondary N) is 1. The molecule has 3 aromatic rings. The van der Waals surface area contributed by atoms with Gasteiger partial charge in [0, 0.05) is 30.9 Å². The van der Waals surface area contributed by atoms with Crippen LogP contribution in [0.5, 0.6) is 0 Å². The molecule has 1 atom stereocenters. The molecule has 1 aliphatic rings.